The molecule has 0 atom stereocenters. The van der Waals surface area contributed by atoms with Gasteiger partial charge in [0.25, 0.3) is 0 Å². The molecule has 5 nitrogen and oxygen atoms in total. The lowest BCUT2D eigenvalue weighted by molar-refractivity contribution is -0.135. The van der Waals surface area contributed by atoms with E-state index in [0.29, 0.717) is 0 Å². The number of hydrogen-bond acceptors (Lipinski definition) is 3. The van der Waals surface area contributed by atoms with Gasteiger partial charge < -0.3 is 4.90 Å². The highest BCUT2D eigenvalue weighted by atomic mass is 16.2. The third-order valence-corrected chi connectivity index (χ3v) is 3.11. The number of carbonyl (C=O) groups is 1. The minimum atomic E-state index is 0.0700. The Bertz CT molecular complexity index is 566. The van der Waals surface area contributed by atoms with Crippen LogP contribution < -0.4 is 0 Å². The number of benzene rings is 1. The average Bonchev–Trinajstić information content (AvgIpc) is 2.72. The second-order valence-electron chi connectivity index (χ2n) is 5.22. The van der Waals surface area contributed by atoms with Gasteiger partial charge in [0.1, 0.15) is 12.1 Å². The lowest BCUT2D eigenvalue weighted by Gasteiger charge is -2.30. The predicted molar refractivity (Wildman–Crippen MR) is 74.6 cm³/mol. The first-order valence-corrected chi connectivity index (χ1v) is 6.60. The number of hydrogen-bond donors (Lipinski definition) is 0. The Morgan fingerprint density at radius 2 is 1.84 bits per heavy atom. The highest BCUT2D eigenvalue weighted by molar-refractivity contribution is 5.80. The molecule has 0 N–H and O–H groups in total. The monoisotopic (exact) mass is 260 g/mol. The molecule has 0 bridgehead atoms. The van der Waals surface area contributed by atoms with Crippen molar-refractivity contribution in [1.29, 1.82) is 0 Å². The second kappa shape index (κ2) is 5.38. The van der Waals surface area contributed by atoms with Gasteiger partial charge in [-0.05, 0) is 39.8 Å². The Morgan fingerprint density at radius 1 is 1.21 bits per heavy atom. The lowest BCUT2D eigenvalue weighted by atomic mass is 10.2. The molecule has 1 aromatic carbocycles. The molecule has 0 fully saturated rings. The summed E-state index contributed by atoms with van der Waals surface area (Å²) in [6.07, 6.45) is 0. The maximum atomic E-state index is 12.4. The van der Waals surface area contributed by atoms with Crippen LogP contribution in [0.5, 0.6) is 0 Å². The molecule has 2 rings (SSSR count). The van der Waals surface area contributed by atoms with Crippen LogP contribution in [0.2, 0.25) is 0 Å². The van der Waals surface area contributed by atoms with Gasteiger partial charge >= 0.3 is 0 Å². The van der Waals surface area contributed by atoms with E-state index in [1.807, 2.05) is 56.9 Å². The first kappa shape index (κ1) is 13.5. The molecule has 5 heteroatoms. The molecule has 0 aliphatic rings. The van der Waals surface area contributed by atoms with Gasteiger partial charge in [0.2, 0.25) is 5.91 Å². The van der Waals surface area contributed by atoms with Gasteiger partial charge in [-0.15, -0.1) is 5.10 Å². The third-order valence-electron chi connectivity index (χ3n) is 3.11. The van der Waals surface area contributed by atoms with Crippen LogP contribution in [-0.4, -0.2) is 37.9 Å². The van der Waals surface area contributed by atoms with Crippen molar-refractivity contribution in [1.82, 2.24) is 19.9 Å². The third kappa shape index (κ3) is 2.75. The quantitative estimate of drug-likeness (QED) is 0.845. The number of aromatic nitrogens is 3. The Hall–Kier alpha value is -1.91. The van der Waals surface area contributed by atoms with E-state index in [-0.39, 0.29) is 24.5 Å². The standard InChI is InChI=1S/C14H20N4O/c1-10(2)18(11(3)4)14(19)9-17-13-8-6-5-7-12(13)15-16-17/h5-8,10-11H,9H2,1-4H3. The number of para-hydroxylation sites is 1. The number of rotatable bonds is 4. The van der Waals surface area contributed by atoms with Crippen LogP contribution in [0.1, 0.15) is 27.7 Å². The molecule has 0 aliphatic carbocycles. The molecule has 19 heavy (non-hydrogen) atoms. The van der Waals surface area contributed by atoms with Crippen molar-refractivity contribution in [3.8, 4) is 0 Å². The summed E-state index contributed by atoms with van der Waals surface area (Å²) in [6, 6.07) is 8.03. The predicted octanol–water partition coefficient (Wildman–Crippen LogP) is 2.08. The van der Waals surface area contributed by atoms with Gasteiger partial charge in [-0.1, -0.05) is 17.3 Å². The maximum Gasteiger partial charge on any atom is 0.244 e. The summed E-state index contributed by atoms with van der Waals surface area (Å²) >= 11 is 0. The second-order valence-corrected chi connectivity index (χ2v) is 5.22. The molecular formula is C14H20N4O. The minimum Gasteiger partial charge on any atom is -0.336 e. The molecule has 0 saturated carbocycles. The Labute approximate surface area is 113 Å². The topological polar surface area (TPSA) is 51.0 Å². The fraction of sp³-hybridized carbons (Fsp3) is 0.500. The van der Waals surface area contributed by atoms with Crippen molar-refractivity contribution in [3.05, 3.63) is 24.3 Å². The SMILES string of the molecule is CC(C)N(C(=O)Cn1nnc2ccccc21)C(C)C. The summed E-state index contributed by atoms with van der Waals surface area (Å²) in [5.74, 6) is 0.0700. The number of nitrogens with zero attached hydrogens (tertiary/aromatic N) is 4. The first-order chi connectivity index (χ1) is 9.00. The maximum absolute atomic E-state index is 12.4. The molecule has 0 aliphatic heterocycles. The van der Waals surface area contributed by atoms with Gasteiger partial charge in [0.15, 0.2) is 0 Å². The van der Waals surface area contributed by atoms with Crippen molar-refractivity contribution in [2.45, 2.75) is 46.3 Å². The molecule has 2 aromatic rings. The van der Waals surface area contributed by atoms with Gasteiger partial charge in [0, 0.05) is 12.1 Å². The van der Waals surface area contributed by atoms with Crippen LogP contribution in [0, 0.1) is 0 Å². The van der Waals surface area contributed by atoms with Crippen LogP contribution in [0.25, 0.3) is 11.0 Å². The van der Waals surface area contributed by atoms with Crippen LogP contribution in [0.15, 0.2) is 24.3 Å². The van der Waals surface area contributed by atoms with E-state index in [9.17, 15) is 4.79 Å². The smallest absolute Gasteiger partial charge is 0.244 e. The van der Waals surface area contributed by atoms with E-state index >= 15 is 0 Å². The van der Waals surface area contributed by atoms with E-state index in [2.05, 4.69) is 10.3 Å². The van der Waals surface area contributed by atoms with Crippen LogP contribution in [0.3, 0.4) is 0 Å². The highest BCUT2D eigenvalue weighted by Gasteiger charge is 2.21. The van der Waals surface area contributed by atoms with Gasteiger partial charge in [-0.2, -0.15) is 0 Å². The van der Waals surface area contributed by atoms with Crippen molar-refractivity contribution in [2.75, 3.05) is 0 Å². The largest absolute Gasteiger partial charge is 0.336 e. The van der Waals surface area contributed by atoms with Crippen LogP contribution in [-0.2, 0) is 11.3 Å². The Balaban J connectivity index is 2.23. The zero-order chi connectivity index (χ0) is 14.0. The molecule has 1 amide bonds. The molecule has 0 spiro atoms. The van der Waals surface area contributed by atoms with E-state index in [1.165, 1.54) is 0 Å². The summed E-state index contributed by atoms with van der Waals surface area (Å²) in [5, 5.41) is 8.12. The minimum absolute atomic E-state index is 0.0700. The van der Waals surface area contributed by atoms with Crippen molar-refractivity contribution in [2.24, 2.45) is 0 Å². The highest BCUT2D eigenvalue weighted by Crippen LogP contribution is 2.12. The molecule has 0 saturated heterocycles. The molecule has 0 radical (unpaired) electrons. The molecule has 0 unspecified atom stereocenters. The first-order valence-electron chi connectivity index (χ1n) is 6.60. The van der Waals surface area contributed by atoms with Crippen LogP contribution in [0.4, 0.5) is 0 Å². The summed E-state index contributed by atoms with van der Waals surface area (Å²) in [5.41, 5.74) is 1.71. The van der Waals surface area contributed by atoms with Gasteiger partial charge in [-0.3, -0.25) is 4.79 Å². The number of fused-ring (bicyclic) bond motifs is 1. The fourth-order valence-corrected chi connectivity index (χ4v) is 2.42. The Kier molecular flexibility index (Phi) is 3.83. The van der Waals surface area contributed by atoms with E-state index in [4.69, 9.17) is 0 Å². The van der Waals surface area contributed by atoms with E-state index in [1.54, 1.807) is 4.68 Å². The fourth-order valence-electron chi connectivity index (χ4n) is 2.42. The average molecular weight is 260 g/mol. The molecule has 1 aromatic heterocycles. The van der Waals surface area contributed by atoms with Gasteiger partial charge in [0.05, 0.1) is 5.52 Å². The summed E-state index contributed by atoms with van der Waals surface area (Å²) in [6.45, 7) is 8.33. The zero-order valence-corrected chi connectivity index (χ0v) is 11.9. The number of amides is 1. The molecular weight excluding hydrogens is 240 g/mol. The van der Waals surface area contributed by atoms with E-state index < -0.39 is 0 Å². The lowest BCUT2D eigenvalue weighted by Crippen LogP contribution is -2.43. The molecule has 1 heterocycles. The summed E-state index contributed by atoms with van der Waals surface area (Å²) in [7, 11) is 0. The summed E-state index contributed by atoms with van der Waals surface area (Å²) < 4.78 is 1.66. The van der Waals surface area contributed by atoms with Gasteiger partial charge in [-0.25, -0.2) is 4.68 Å². The van der Waals surface area contributed by atoms with Crippen molar-refractivity contribution < 1.29 is 4.79 Å². The number of carbonyl (C=O) groups excluding carboxylic acids is 1. The van der Waals surface area contributed by atoms with Crippen molar-refractivity contribution >= 4 is 16.9 Å². The van der Waals surface area contributed by atoms with Crippen molar-refractivity contribution in [3.63, 3.8) is 0 Å². The van der Waals surface area contributed by atoms with Crippen LogP contribution >= 0.6 is 0 Å². The Morgan fingerprint density at radius 3 is 2.47 bits per heavy atom. The summed E-state index contributed by atoms with van der Waals surface area (Å²) in [4.78, 5) is 14.2. The van der Waals surface area contributed by atoms with E-state index in [0.717, 1.165) is 11.0 Å². The zero-order valence-electron chi connectivity index (χ0n) is 11.9. The normalized spacial score (nSPS) is 11.5. The molecule has 102 valence electrons.